The van der Waals surface area contributed by atoms with Crippen molar-refractivity contribution in [3.05, 3.63) is 27.1 Å². The highest BCUT2D eigenvalue weighted by Crippen LogP contribution is 2.35. The molecule has 19 heavy (non-hydrogen) atoms. The van der Waals surface area contributed by atoms with Gasteiger partial charge in [-0.05, 0) is 53.4 Å². The Morgan fingerprint density at radius 1 is 1.37 bits per heavy atom. The average Bonchev–Trinajstić information content (AvgIpc) is 2.27. The van der Waals surface area contributed by atoms with Crippen molar-refractivity contribution in [3.8, 4) is 0 Å². The minimum atomic E-state index is -3.52. The lowest BCUT2D eigenvalue weighted by Crippen LogP contribution is -2.49. The van der Waals surface area contributed by atoms with Gasteiger partial charge in [0.05, 0.1) is 10.5 Å². The molecule has 106 valence electrons. The summed E-state index contributed by atoms with van der Waals surface area (Å²) < 4.78 is 33.9. The Balaban J connectivity index is 2.14. The van der Waals surface area contributed by atoms with Crippen molar-refractivity contribution >= 4 is 41.9 Å². The largest absolute Gasteiger partial charge is 0.377 e. The summed E-state index contributed by atoms with van der Waals surface area (Å²) in [5, 5.41) is 0. The number of hydrogen-bond acceptors (Lipinski definition) is 3. The summed E-state index contributed by atoms with van der Waals surface area (Å²) in [4.78, 5) is 0.237. The lowest BCUT2D eigenvalue weighted by atomic mass is 9.80. The fourth-order valence-electron chi connectivity index (χ4n) is 2.02. The number of benzene rings is 1. The lowest BCUT2D eigenvalue weighted by Gasteiger charge is -2.40. The molecule has 0 heterocycles. The monoisotopic (exact) mass is 411 g/mol. The topological polar surface area (TPSA) is 55.4 Å². The van der Waals surface area contributed by atoms with Gasteiger partial charge in [-0.25, -0.2) is 13.1 Å². The molecule has 1 aromatic rings. The molecule has 0 spiro atoms. The predicted molar refractivity (Wildman–Crippen MR) is 80.6 cm³/mol. The van der Waals surface area contributed by atoms with E-state index in [4.69, 9.17) is 4.74 Å². The third-order valence-corrected chi connectivity index (χ3v) is 6.34. The Morgan fingerprint density at radius 2 is 2.05 bits per heavy atom. The van der Waals surface area contributed by atoms with Gasteiger partial charge in [0.25, 0.3) is 0 Å². The standard InChI is InChI=1S/C12H15Br2NO3S/c1-18-12(5-2-6-12)8-15-19(16,17)11-4-3-9(13)7-10(11)14/h3-4,7,15H,2,5-6,8H2,1H3. The quantitative estimate of drug-likeness (QED) is 0.808. The van der Waals surface area contributed by atoms with Crippen LogP contribution in [0.4, 0.5) is 0 Å². The van der Waals surface area contributed by atoms with Gasteiger partial charge in [-0.1, -0.05) is 15.9 Å². The zero-order chi connectivity index (χ0) is 14.1. The Hall–Kier alpha value is 0.0500. The molecular formula is C12H15Br2NO3S. The van der Waals surface area contributed by atoms with Crippen LogP contribution in [-0.2, 0) is 14.8 Å². The van der Waals surface area contributed by atoms with Crippen molar-refractivity contribution < 1.29 is 13.2 Å². The molecule has 0 saturated heterocycles. The highest BCUT2D eigenvalue weighted by Gasteiger charge is 2.38. The summed E-state index contributed by atoms with van der Waals surface area (Å²) in [6, 6.07) is 4.98. The molecule has 4 nitrogen and oxygen atoms in total. The first-order valence-corrected chi connectivity index (χ1v) is 8.95. The second kappa shape index (κ2) is 5.81. The molecular weight excluding hydrogens is 398 g/mol. The van der Waals surface area contributed by atoms with Gasteiger partial charge in [0.2, 0.25) is 10.0 Å². The third kappa shape index (κ3) is 3.39. The number of methoxy groups -OCH3 is 1. The van der Waals surface area contributed by atoms with Gasteiger partial charge < -0.3 is 4.74 Å². The SMILES string of the molecule is COC1(CNS(=O)(=O)c2ccc(Br)cc2Br)CCC1. The van der Waals surface area contributed by atoms with Gasteiger partial charge in [0, 0.05) is 22.6 Å². The van der Waals surface area contributed by atoms with E-state index in [1.54, 1.807) is 25.3 Å². The van der Waals surface area contributed by atoms with E-state index in [-0.39, 0.29) is 10.5 Å². The highest BCUT2D eigenvalue weighted by molar-refractivity contribution is 9.11. The van der Waals surface area contributed by atoms with E-state index in [1.165, 1.54) is 0 Å². The minimum absolute atomic E-state index is 0.237. The minimum Gasteiger partial charge on any atom is -0.377 e. The van der Waals surface area contributed by atoms with Gasteiger partial charge in [-0.2, -0.15) is 0 Å². The van der Waals surface area contributed by atoms with E-state index in [0.717, 1.165) is 23.7 Å². The van der Waals surface area contributed by atoms with E-state index >= 15 is 0 Å². The molecule has 1 aliphatic carbocycles. The Labute approximate surface area is 130 Å². The molecule has 0 atom stereocenters. The number of hydrogen-bond donors (Lipinski definition) is 1. The third-order valence-electron chi connectivity index (χ3n) is 3.47. The maximum Gasteiger partial charge on any atom is 0.241 e. The Morgan fingerprint density at radius 3 is 2.53 bits per heavy atom. The van der Waals surface area contributed by atoms with Crippen LogP contribution in [0.3, 0.4) is 0 Å². The summed E-state index contributed by atoms with van der Waals surface area (Å²) in [6.45, 7) is 0.314. The average molecular weight is 413 g/mol. The van der Waals surface area contributed by atoms with Crippen LogP contribution in [0.15, 0.2) is 32.0 Å². The molecule has 1 fully saturated rings. The van der Waals surface area contributed by atoms with Crippen molar-refractivity contribution in [2.45, 2.75) is 29.8 Å². The van der Waals surface area contributed by atoms with Gasteiger partial charge in [0.15, 0.2) is 0 Å². The summed E-state index contributed by atoms with van der Waals surface area (Å²) in [6.07, 6.45) is 2.87. The molecule has 1 aromatic carbocycles. The van der Waals surface area contributed by atoms with E-state index in [9.17, 15) is 8.42 Å². The lowest BCUT2D eigenvalue weighted by molar-refractivity contribution is -0.0659. The number of sulfonamides is 1. The predicted octanol–water partition coefficient (Wildman–Crippen LogP) is 3.06. The van der Waals surface area contributed by atoms with Crippen LogP contribution < -0.4 is 4.72 Å². The van der Waals surface area contributed by atoms with E-state index < -0.39 is 10.0 Å². The zero-order valence-electron chi connectivity index (χ0n) is 10.4. The van der Waals surface area contributed by atoms with Gasteiger partial charge in [0.1, 0.15) is 0 Å². The normalized spacial score (nSPS) is 18.1. The fourth-order valence-corrected chi connectivity index (χ4v) is 4.88. The van der Waals surface area contributed by atoms with Crippen LogP contribution in [0.25, 0.3) is 0 Å². The first kappa shape index (κ1) is 15.4. The molecule has 2 rings (SSSR count). The summed E-state index contributed by atoms with van der Waals surface area (Å²) in [5.74, 6) is 0. The second-order valence-electron chi connectivity index (χ2n) is 4.64. The Bertz CT molecular complexity index is 565. The molecule has 0 aliphatic heterocycles. The van der Waals surface area contributed by atoms with Crippen LogP contribution in [0, 0.1) is 0 Å². The van der Waals surface area contributed by atoms with E-state index in [0.29, 0.717) is 11.0 Å². The van der Waals surface area contributed by atoms with Crippen LogP contribution in [-0.4, -0.2) is 27.7 Å². The molecule has 1 aliphatic rings. The van der Waals surface area contributed by atoms with Crippen molar-refractivity contribution in [2.75, 3.05) is 13.7 Å². The van der Waals surface area contributed by atoms with E-state index in [1.807, 2.05) is 0 Å². The molecule has 1 saturated carbocycles. The van der Waals surface area contributed by atoms with Gasteiger partial charge >= 0.3 is 0 Å². The highest BCUT2D eigenvalue weighted by atomic mass is 79.9. The first-order chi connectivity index (χ1) is 8.88. The molecule has 0 aromatic heterocycles. The molecule has 0 radical (unpaired) electrons. The number of rotatable bonds is 5. The van der Waals surface area contributed by atoms with Crippen molar-refractivity contribution in [1.82, 2.24) is 4.72 Å². The fraction of sp³-hybridized carbons (Fsp3) is 0.500. The summed E-state index contributed by atoms with van der Waals surface area (Å²) >= 11 is 6.57. The molecule has 0 amide bonds. The molecule has 1 N–H and O–H groups in total. The number of ether oxygens (including phenoxy) is 1. The van der Waals surface area contributed by atoms with Gasteiger partial charge in [-0.15, -0.1) is 0 Å². The van der Waals surface area contributed by atoms with Gasteiger partial charge in [-0.3, -0.25) is 0 Å². The molecule has 0 unspecified atom stereocenters. The van der Waals surface area contributed by atoms with Crippen LogP contribution in [0.2, 0.25) is 0 Å². The molecule has 0 bridgehead atoms. The molecule has 7 heteroatoms. The number of nitrogens with one attached hydrogen (secondary N) is 1. The maximum absolute atomic E-state index is 12.3. The summed E-state index contributed by atoms with van der Waals surface area (Å²) in [5.41, 5.74) is -0.324. The van der Waals surface area contributed by atoms with Crippen molar-refractivity contribution in [3.63, 3.8) is 0 Å². The van der Waals surface area contributed by atoms with Crippen molar-refractivity contribution in [1.29, 1.82) is 0 Å². The summed E-state index contributed by atoms with van der Waals surface area (Å²) in [7, 11) is -1.90. The van der Waals surface area contributed by atoms with Crippen molar-refractivity contribution in [2.24, 2.45) is 0 Å². The van der Waals surface area contributed by atoms with Crippen LogP contribution in [0.1, 0.15) is 19.3 Å². The Kier molecular flexibility index (Phi) is 4.72. The van der Waals surface area contributed by atoms with Crippen LogP contribution >= 0.6 is 31.9 Å². The number of halogens is 2. The first-order valence-electron chi connectivity index (χ1n) is 5.88. The van der Waals surface area contributed by atoms with Crippen LogP contribution in [0.5, 0.6) is 0 Å². The smallest absolute Gasteiger partial charge is 0.241 e. The zero-order valence-corrected chi connectivity index (χ0v) is 14.4. The second-order valence-corrected chi connectivity index (χ2v) is 8.15. The maximum atomic E-state index is 12.3. The van der Waals surface area contributed by atoms with E-state index in [2.05, 4.69) is 36.6 Å².